The van der Waals surface area contributed by atoms with E-state index >= 15 is 0 Å². The Labute approximate surface area is 165 Å². The van der Waals surface area contributed by atoms with E-state index in [9.17, 15) is 22.8 Å². The van der Waals surface area contributed by atoms with Gasteiger partial charge in [-0.25, -0.2) is 9.78 Å². The van der Waals surface area contributed by atoms with Crippen LogP contribution in [0.2, 0.25) is 0 Å². The molecule has 1 aromatic heterocycles. The molecular formula is C17H23F3N4O5. The van der Waals surface area contributed by atoms with Gasteiger partial charge in [0.2, 0.25) is 5.91 Å². The fourth-order valence-electron chi connectivity index (χ4n) is 2.34. The lowest BCUT2D eigenvalue weighted by molar-refractivity contribution is -0.256. The van der Waals surface area contributed by atoms with E-state index in [4.69, 9.17) is 9.47 Å². The first-order valence-corrected chi connectivity index (χ1v) is 8.79. The van der Waals surface area contributed by atoms with Crippen LogP contribution in [0.4, 0.5) is 24.7 Å². The molecule has 29 heavy (non-hydrogen) atoms. The molecule has 0 aromatic carbocycles. The summed E-state index contributed by atoms with van der Waals surface area (Å²) in [4.78, 5) is 33.0. The largest absolute Gasteiger partial charge is 0.492 e. The maximum Gasteiger partial charge on any atom is 0.492 e. The quantitative estimate of drug-likeness (QED) is 0.562. The van der Waals surface area contributed by atoms with Gasteiger partial charge in [-0.15, -0.1) is 5.06 Å². The van der Waals surface area contributed by atoms with Crippen molar-refractivity contribution in [1.29, 1.82) is 0 Å². The molecule has 0 radical (unpaired) electrons. The van der Waals surface area contributed by atoms with E-state index in [2.05, 4.69) is 15.1 Å². The number of halogens is 3. The number of methoxy groups -OCH3 is 1. The molecule has 12 heteroatoms. The van der Waals surface area contributed by atoms with E-state index in [1.807, 2.05) is 11.9 Å². The molecule has 1 saturated heterocycles. The van der Waals surface area contributed by atoms with Gasteiger partial charge in [-0.3, -0.25) is 4.79 Å². The van der Waals surface area contributed by atoms with Crippen LogP contribution in [0.1, 0.15) is 0 Å². The third kappa shape index (κ3) is 7.15. The molecule has 0 unspecified atom stereocenters. The number of carbonyl (C=O) groups is 2. The highest BCUT2D eigenvalue weighted by Crippen LogP contribution is 2.23. The van der Waals surface area contributed by atoms with Crippen LogP contribution in [-0.2, 0) is 23.9 Å². The molecule has 162 valence electrons. The summed E-state index contributed by atoms with van der Waals surface area (Å²) < 4.78 is 46.6. The van der Waals surface area contributed by atoms with Crippen molar-refractivity contribution in [3.63, 3.8) is 0 Å². The monoisotopic (exact) mass is 420 g/mol. The Kier molecular flexibility index (Phi) is 8.17. The van der Waals surface area contributed by atoms with E-state index in [1.165, 1.54) is 0 Å². The van der Waals surface area contributed by atoms with Gasteiger partial charge in [-0.05, 0) is 12.1 Å². The van der Waals surface area contributed by atoms with Crippen LogP contribution in [0.25, 0.3) is 0 Å². The van der Waals surface area contributed by atoms with E-state index < -0.39 is 24.0 Å². The first kappa shape index (κ1) is 22.8. The predicted molar refractivity (Wildman–Crippen MR) is 96.0 cm³/mol. The Morgan fingerprint density at radius 3 is 2.59 bits per heavy atom. The van der Waals surface area contributed by atoms with Gasteiger partial charge in [-0.1, -0.05) is 0 Å². The molecule has 0 aliphatic carbocycles. The lowest BCUT2D eigenvalue weighted by atomic mass is 10.0. The van der Waals surface area contributed by atoms with Gasteiger partial charge in [-0.2, -0.15) is 13.2 Å². The number of amides is 1. The lowest BCUT2D eigenvalue weighted by Crippen LogP contribution is -2.53. The highest BCUT2D eigenvalue weighted by atomic mass is 19.4. The summed E-state index contributed by atoms with van der Waals surface area (Å²) in [5.74, 6) is -3.00. The maximum absolute atomic E-state index is 12.1. The van der Waals surface area contributed by atoms with E-state index in [1.54, 1.807) is 25.4 Å². The molecule has 1 N–H and O–H groups in total. The van der Waals surface area contributed by atoms with Gasteiger partial charge in [0.15, 0.2) is 0 Å². The Morgan fingerprint density at radius 1 is 1.28 bits per heavy atom. The van der Waals surface area contributed by atoms with E-state index in [0.717, 1.165) is 10.8 Å². The molecule has 0 saturated carbocycles. The fraction of sp³-hybridized carbons (Fsp3) is 0.588. The summed E-state index contributed by atoms with van der Waals surface area (Å²) in [6.45, 7) is 1.99. The number of hydroxylamine groups is 2. The second-order valence-corrected chi connectivity index (χ2v) is 6.34. The molecule has 1 aromatic rings. The number of pyridine rings is 1. The summed E-state index contributed by atoms with van der Waals surface area (Å²) in [5.41, 5.74) is 0.826. The molecule has 1 fully saturated rings. The maximum atomic E-state index is 12.1. The highest BCUT2D eigenvalue weighted by Gasteiger charge is 2.45. The molecular weight excluding hydrogens is 397 g/mol. The summed E-state index contributed by atoms with van der Waals surface area (Å²) >= 11 is 0. The summed E-state index contributed by atoms with van der Waals surface area (Å²) in [6, 6.07) is 3.39. The van der Waals surface area contributed by atoms with Crippen molar-refractivity contribution in [3.8, 4) is 0 Å². The topological polar surface area (TPSA) is 93.2 Å². The van der Waals surface area contributed by atoms with Crippen molar-refractivity contribution in [3.05, 3.63) is 18.3 Å². The first-order valence-electron chi connectivity index (χ1n) is 8.79. The molecule has 2 rings (SSSR count). The van der Waals surface area contributed by atoms with Crippen molar-refractivity contribution in [2.24, 2.45) is 5.92 Å². The van der Waals surface area contributed by atoms with E-state index in [0.29, 0.717) is 32.2 Å². The van der Waals surface area contributed by atoms with Crippen molar-refractivity contribution in [2.75, 3.05) is 63.8 Å². The number of likely N-dealkylation sites (N-methyl/N-ethyl adjacent to an activating group) is 1. The number of anilines is 2. The van der Waals surface area contributed by atoms with Crippen LogP contribution in [0.3, 0.4) is 0 Å². The number of hydrogen-bond donors (Lipinski definition) is 1. The standard InChI is InChI=1S/C17H23F3N4O5/c1-23(5-6-28-8-7-27-2)13-3-4-14(21-9-13)22-15(25)12-10-24(11-12)29-16(26)17(18,19)20/h3-4,9,12H,5-8,10-11H2,1-2H3,(H,21,22,25). The second kappa shape index (κ2) is 10.4. The average molecular weight is 420 g/mol. The Morgan fingerprint density at radius 2 is 2.00 bits per heavy atom. The number of nitrogens with one attached hydrogen (secondary N) is 1. The zero-order chi connectivity index (χ0) is 21.4. The molecule has 0 spiro atoms. The van der Waals surface area contributed by atoms with Crippen molar-refractivity contribution >= 4 is 23.4 Å². The number of nitrogens with zero attached hydrogens (tertiary/aromatic N) is 3. The van der Waals surface area contributed by atoms with Crippen LogP contribution in [0.5, 0.6) is 0 Å². The minimum atomic E-state index is -5.07. The van der Waals surface area contributed by atoms with E-state index in [-0.39, 0.29) is 13.1 Å². The third-order valence-electron chi connectivity index (χ3n) is 4.11. The van der Waals surface area contributed by atoms with Crippen molar-refractivity contribution < 1.29 is 37.1 Å². The minimum absolute atomic E-state index is 0.114. The Bertz CT molecular complexity index is 681. The zero-order valence-corrected chi connectivity index (χ0v) is 16.1. The Hall–Kier alpha value is -2.44. The van der Waals surface area contributed by atoms with Crippen LogP contribution in [-0.4, -0.2) is 81.7 Å². The number of alkyl halides is 3. The zero-order valence-electron chi connectivity index (χ0n) is 16.1. The van der Waals surface area contributed by atoms with Gasteiger partial charge < -0.3 is 24.5 Å². The number of aromatic nitrogens is 1. The lowest BCUT2D eigenvalue weighted by Gasteiger charge is -2.35. The smallest absolute Gasteiger partial charge is 0.382 e. The van der Waals surface area contributed by atoms with Crippen molar-refractivity contribution in [1.82, 2.24) is 10.0 Å². The van der Waals surface area contributed by atoms with Gasteiger partial charge in [0.25, 0.3) is 0 Å². The van der Waals surface area contributed by atoms with Crippen LogP contribution in [0.15, 0.2) is 18.3 Å². The minimum Gasteiger partial charge on any atom is -0.382 e. The van der Waals surface area contributed by atoms with Crippen molar-refractivity contribution in [2.45, 2.75) is 6.18 Å². The SMILES string of the molecule is COCCOCCN(C)c1ccc(NC(=O)C2CN(OC(=O)C(F)(F)F)C2)nc1. The van der Waals surface area contributed by atoms with Gasteiger partial charge in [0, 0.05) is 33.8 Å². The predicted octanol–water partition coefficient (Wildman–Crippen LogP) is 1.07. The fourth-order valence-corrected chi connectivity index (χ4v) is 2.34. The molecule has 0 atom stereocenters. The molecule has 9 nitrogen and oxygen atoms in total. The Balaban J connectivity index is 1.71. The number of carbonyl (C=O) groups excluding carboxylic acids is 2. The molecule has 1 aliphatic rings. The van der Waals surface area contributed by atoms with Crippen LogP contribution >= 0.6 is 0 Å². The van der Waals surface area contributed by atoms with Crippen LogP contribution in [0, 0.1) is 5.92 Å². The van der Waals surface area contributed by atoms with Crippen LogP contribution < -0.4 is 10.2 Å². The molecule has 1 aliphatic heterocycles. The first-order chi connectivity index (χ1) is 13.7. The number of hydrogen-bond acceptors (Lipinski definition) is 8. The number of rotatable bonds is 10. The van der Waals surface area contributed by atoms with Gasteiger partial charge in [0.05, 0.1) is 37.6 Å². The highest BCUT2D eigenvalue weighted by molar-refractivity contribution is 5.92. The molecule has 0 bridgehead atoms. The summed E-state index contributed by atoms with van der Waals surface area (Å²) in [7, 11) is 3.48. The summed E-state index contributed by atoms with van der Waals surface area (Å²) in [6.07, 6.45) is -3.48. The third-order valence-corrected chi connectivity index (χ3v) is 4.11. The molecule has 2 heterocycles. The van der Waals surface area contributed by atoms with Gasteiger partial charge in [0.1, 0.15) is 5.82 Å². The molecule has 1 amide bonds. The number of ether oxygens (including phenoxy) is 2. The normalized spacial score (nSPS) is 14.9. The average Bonchev–Trinajstić information content (AvgIpc) is 2.63. The van der Waals surface area contributed by atoms with Gasteiger partial charge >= 0.3 is 12.1 Å². The second-order valence-electron chi connectivity index (χ2n) is 6.34. The summed E-state index contributed by atoms with van der Waals surface area (Å²) in [5, 5.41) is 3.38.